The lowest BCUT2D eigenvalue weighted by molar-refractivity contribution is -0.145. The van der Waals surface area contributed by atoms with E-state index in [1.54, 1.807) is 0 Å². The second kappa shape index (κ2) is 4.11. The Hall–Kier alpha value is -0.770. The molecule has 0 rings (SSSR count). The summed E-state index contributed by atoms with van der Waals surface area (Å²) in [6.45, 7) is 0. The summed E-state index contributed by atoms with van der Waals surface area (Å²) < 4.78 is 4.18. The number of aliphatic carboxylic acids is 1. The SMILES string of the molecule is COC(=O)CC(Cl)C(=O)O. The molecule has 0 radical (unpaired) electrons. The maximum absolute atomic E-state index is 10.4. The maximum atomic E-state index is 10.4. The predicted molar refractivity (Wildman–Crippen MR) is 33.9 cm³/mol. The Morgan fingerprint density at radius 2 is 2.20 bits per heavy atom. The van der Waals surface area contributed by atoms with E-state index in [1.807, 2.05) is 0 Å². The van der Waals surface area contributed by atoms with Gasteiger partial charge in [0, 0.05) is 0 Å². The van der Waals surface area contributed by atoms with Crippen LogP contribution in [0.25, 0.3) is 0 Å². The van der Waals surface area contributed by atoms with Crippen molar-refractivity contribution in [3.05, 3.63) is 0 Å². The van der Waals surface area contributed by atoms with Gasteiger partial charge in [0.15, 0.2) is 0 Å². The Morgan fingerprint density at radius 3 is 2.50 bits per heavy atom. The highest BCUT2D eigenvalue weighted by Crippen LogP contribution is 2.02. The van der Waals surface area contributed by atoms with E-state index in [0.29, 0.717) is 0 Å². The summed E-state index contributed by atoms with van der Waals surface area (Å²) >= 11 is 5.19. The van der Waals surface area contributed by atoms with Gasteiger partial charge in [0.25, 0.3) is 0 Å². The third kappa shape index (κ3) is 3.29. The number of rotatable bonds is 3. The van der Waals surface area contributed by atoms with E-state index < -0.39 is 17.3 Å². The Morgan fingerprint density at radius 1 is 1.70 bits per heavy atom. The van der Waals surface area contributed by atoms with E-state index in [2.05, 4.69) is 4.74 Å². The Kier molecular flexibility index (Phi) is 3.79. The minimum Gasteiger partial charge on any atom is -0.480 e. The molecule has 1 unspecified atom stereocenters. The van der Waals surface area contributed by atoms with Gasteiger partial charge in [-0.3, -0.25) is 9.59 Å². The van der Waals surface area contributed by atoms with Crippen LogP contribution in [0.4, 0.5) is 0 Å². The van der Waals surface area contributed by atoms with Gasteiger partial charge in [-0.1, -0.05) is 0 Å². The first-order valence-corrected chi connectivity index (χ1v) is 2.95. The van der Waals surface area contributed by atoms with Crippen molar-refractivity contribution in [1.29, 1.82) is 0 Å². The van der Waals surface area contributed by atoms with Crippen LogP contribution < -0.4 is 0 Å². The van der Waals surface area contributed by atoms with Crippen LogP contribution in [0.15, 0.2) is 0 Å². The van der Waals surface area contributed by atoms with E-state index in [9.17, 15) is 9.59 Å². The number of ether oxygens (including phenoxy) is 1. The second-order valence-electron chi connectivity index (χ2n) is 1.59. The summed E-state index contributed by atoms with van der Waals surface area (Å²) in [6.07, 6.45) is -0.298. The number of halogens is 1. The van der Waals surface area contributed by atoms with Crippen LogP contribution in [0.1, 0.15) is 6.42 Å². The fourth-order valence-electron chi connectivity index (χ4n) is 0.317. The average Bonchev–Trinajstić information content (AvgIpc) is 1.87. The number of carboxylic acid groups (broad SMARTS) is 1. The minimum atomic E-state index is -1.22. The van der Waals surface area contributed by atoms with Crippen LogP contribution in [0.3, 0.4) is 0 Å². The predicted octanol–water partition coefficient (Wildman–Crippen LogP) is 0.241. The molecule has 58 valence electrons. The number of methoxy groups -OCH3 is 1. The van der Waals surface area contributed by atoms with Gasteiger partial charge in [0.05, 0.1) is 13.5 Å². The van der Waals surface area contributed by atoms with Crippen molar-refractivity contribution in [2.24, 2.45) is 0 Å². The van der Waals surface area contributed by atoms with Gasteiger partial charge in [0.1, 0.15) is 5.38 Å². The minimum absolute atomic E-state index is 0.298. The largest absolute Gasteiger partial charge is 0.480 e. The quantitative estimate of drug-likeness (QED) is 0.482. The molecule has 5 heteroatoms. The molecule has 0 spiro atoms. The highest BCUT2D eigenvalue weighted by Gasteiger charge is 2.17. The molecular weight excluding hydrogens is 160 g/mol. The van der Waals surface area contributed by atoms with E-state index in [0.717, 1.165) is 0 Å². The number of esters is 1. The van der Waals surface area contributed by atoms with Crippen LogP contribution >= 0.6 is 11.6 Å². The number of carboxylic acids is 1. The van der Waals surface area contributed by atoms with Crippen molar-refractivity contribution in [2.75, 3.05) is 7.11 Å². The number of hydrogen-bond donors (Lipinski definition) is 1. The van der Waals surface area contributed by atoms with Gasteiger partial charge in [-0.05, 0) is 0 Å². The third-order valence-corrected chi connectivity index (χ3v) is 1.18. The molecular formula is C5H7ClO4. The molecule has 1 N–H and O–H groups in total. The smallest absolute Gasteiger partial charge is 0.322 e. The summed E-state index contributed by atoms with van der Waals surface area (Å²) in [7, 11) is 1.17. The monoisotopic (exact) mass is 166 g/mol. The van der Waals surface area contributed by atoms with E-state index in [4.69, 9.17) is 16.7 Å². The highest BCUT2D eigenvalue weighted by atomic mass is 35.5. The summed E-state index contributed by atoms with van der Waals surface area (Å²) in [5.74, 6) is -1.84. The molecule has 0 aromatic carbocycles. The molecule has 0 saturated heterocycles. The normalized spacial score (nSPS) is 12.2. The molecule has 0 aliphatic carbocycles. The summed E-state index contributed by atoms with van der Waals surface area (Å²) in [6, 6.07) is 0. The topological polar surface area (TPSA) is 63.6 Å². The third-order valence-electron chi connectivity index (χ3n) is 0.842. The van der Waals surface area contributed by atoms with E-state index >= 15 is 0 Å². The van der Waals surface area contributed by atoms with Crippen molar-refractivity contribution < 1.29 is 19.4 Å². The lowest BCUT2D eigenvalue weighted by atomic mass is 10.3. The first-order chi connectivity index (χ1) is 4.57. The summed E-state index contributed by atoms with van der Waals surface area (Å²) in [4.78, 5) is 20.4. The molecule has 0 aliphatic heterocycles. The molecule has 0 bridgehead atoms. The first kappa shape index (κ1) is 9.23. The van der Waals surface area contributed by atoms with Gasteiger partial charge in [-0.2, -0.15) is 0 Å². The zero-order valence-corrected chi connectivity index (χ0v) is 6.09. The van der Waals surface area contributed by atoms with Crippen molar-refractivity contribution in [2.45, 2.75) is 11.8 Å². The van der Waals surface area contributed by atoms with Gasteiger partial charge in [-0.25, -0.2) is 0 Å². The first-order valence-electron chi connectivity index (χ1n) is 2.51. The van der Waals surface area contributed by atoms with Gasteiger partial charge >= 0.3 is 11.9 Å². The fraction of sp³-hybridized carbons (Fsp3) is 0.600. The Labute approximate surface area is 62.7 Å². The molecule has 0 heterocycles. The van der Waals surface area contributed by atoms with Crippen LogP contribution in [-0.2, 0) is 14.3 Å². The number of carbonyl (C=O) groups excluding carboxylic acids is 1. The van der Waals surface area contributed by atoms with Gasteiger partial charge < -0.3 is 9.84 Å². The molecule has 10 heavy (non-hydrogen) atoms. The van der Waals surface area contributed by atoms with Gasteiger partial charge in [-0.15, -0.1) is 11.6 Å². The zero-order chi connectivity index (χ0) is 8.15. The molecule has 0 aromatic rings. The van der Waals surface area contributed by atoms with E-state index in [-0.39, 0.29) is 6.42 Å². The van der Waals surface area contributed by atoms with E-state index in [1.165, 1.54) is 7.11 Å². The Balaban J connectivity index is 3.68. The van der Waals surface area contributed by atoms with Crippen LogP contribution in [0, 0.1) is 0 Å². The van der Waals surface area contributed by atoms with Crippen LogP contribution in [0.2, 0.25) is 0 Å². The van der Waals surface area contributed by atoms with Crippen molar-refractivity contribution in [3.63, 3.8) is 0 Å². The number of alkyl halides is 1. The lowest BCUT2D eigenvalue weighted by Crippen LogP contribution is -2.18. The molecule has 4 nitrogen and oxygen atoms in total. The molecule has 0 amide bonds. The van der Waals surface area contributed by atoms with Crippen molar-refractivity contribution in [1.82, 2.24) is 0 Å². The highest BCUT2D eigenvalue weighted by molar-refractivity contribution is 6.30. The van der Waals surface area contributed by atoms with Crippen molar-refractivity contribution in [3.8, 4) is 0 Å². The molecule has 0 saturated carbocycles. The van der Waals surface area contributed by atoms with Gasteiger partial charge in [0.2, 0.25) is 0 Å². The molecule has 0 aliphatic rings. The second-order valence-corrected chi connectivity index (χ2v) is 2.11. The average molecular weight is 167 g/mol. The standard InChI is InChI=1S/C5H7ClO4/c1-10-4(7)2-3(6)5(8)9/h3H,2H2,1H3,(H,8,9). The molecule has 0 aromatic heterocycles. The number of hydrogen-bond acceptors (Lipinski definition) is 3. The zero-order valence-electron chi connectivity index (χ0n) is 5.33. The summed E-state index contributed by atoms with van der Waals surface area (Å²) in [5, 5.41) is 7.00. The van der Waals surface area contributed by atoms with Crippen molar-refractivity contribution >= 4 is 23.5 Å². The lowest BCUT2D eigenvalue weighted by Gasteiger charge is -2.00. The van der Waals surface area contributed by atoms with Crippen LogP contribution in [0.5, 0.6) is 0 Å². The molecule has 0 fully saturated rings. The fourth-order valence-corrected chi connectivity index (χ4v) is 0.443. The number of carbonyl (C=O) groups is 2. The maximum Gasteiger partial charge on any atom is 0.322 e. The molecule has 1 atom stereocenters. The Bertz CT molecular complexity index is 145. The summed E-state index contributed by atoms with van der Waals surface area (Å²) in [5.41, 5.74) is 0. The van der Waals surface area contributed by atoms with Crippen LogP contribution in [-0.4, -0.2) is 29.5 Å².